The van der Waals surface area contributed by atoms with Gasteiger partial charge in [-0.05, 0) is 44.6 Å². The lowest BCUT2D eigenvalue weighted by Crippen LogP contribution is -2.61. The predicted molar refractivity (Wildman–Crippen MR) is 78.9 cm³/mol. The van der Waals surface area contributed by atoms with Crippen molar-refractivity contribution >= 4 is 9.84 Å². The molecular formula is C14H28N2O2S. The first-order valence-electron chi connectivity index (χ1n) is 7.58. The summed E-state index contributed by atoms with van der Waals surface area (Å²) in [5.74, 6) is 0.774. The second kappa shape index (κ2) is 5.70. The summed E-state index contributed by atoms with van der Waals surface area (Å²) in [6.45, 7) is 4.64. The van der Waals surface area contributed by atoms with Crippen LogP contribution < -0.4 is 5.73 Å². The van der Waals surface area contributed by atoms with E-state index < -0.39 is 9.84 Å². The molecule has 0 bridgehead atoms. The lowest BCUT2D eigenvalue weighted by Gasteiger charge is -2.44. The summed E-state index contributed by atoms with van der Waals surface area (Å²) in [4.78, 5) is 2.42. The predicted octanol–water partition coefficient (Wildman–Crippen LogP) is 1.40. The monoisotopic (exact) mass is 288 g/mol. The van der Waals surface area contributed by atoms with Crippen molar-refractivity contribution in [2.24, 2.45) is 11.7 Å². The molecule has 2 aliphatic rings. The molecule has 5 heteroatoms. The Hall–Kier alpha value is -0.130. The van der Waals surface area contributed by atoms with Gasteiger partial charge in [0, 0.05) is 24.9 Å². The first-order valence-corrected chi connectivity index (χ1v) is 9.53. The van der Waals surface area contributed by atoms with Crippen LogP contribution >= 0.6 is 0 Å². The van der Waals surface area contributed by atoms with Crippen molar-refractivity contribution in [1.82, 2.24) is 4.90 Å². The fraction of sp³-hybridized carbons (Fsp3) is 1.00. The molecule has 0 aliphatic heterocycles. The van der Waals surface area contributed by atoms with Crippen molar-refractivity contribution in [3.8, 4) is 0 Å². The summed E-state index contributed by atoms with van der Waals surface area (Å²) < 4.78 is 24.3. The fourth-order valence-electron chi connectivity index (χ4n) is 3.74. The summed E-state index contributed by atoms with van der Waals surface area (Å²) in [7, 11) is -3.02. The standard InChI is InChI=1S/C14H28N2O2S/c1-3-9-16(10-12-6-7-12)14(11-15)8-4-5-13(14)19(2,17)18/h12-13H,3-11,15H2,1-2H3. The molecule has 2 rings (SSSR count). The van der Waals surface area contributed by atoms with Crippen molar-refractivity contribution in [1.29, 1.82) is 0 Å². The molecule has 0 heterocycles. The zero-order chi connectivity index (χ0) is 14.1. The average molecular weight is 288 g/mol. The molecule has 2 fully saturated rings. The van der Waals surface area contributed by atoms with Crippen molar-refractivity contribution in [2.75, 3.05) is 25.9 Å². The highest BCUT2D eigenvalue weighted by Gasteiger charge is 2.51. The molecule has 0 aromatic carbocycles. The van der Waals surface area contributed by atoms with Crippen molar-refractivity contribution in [3.05, 3.63) is 0 Å². The van der Waals surface area contributed by atoms with Gasteiger partial charge in [-0.1, -0.05) is 13.3 Å². The van der Waals surface area contributed by atoms with E-state index in [1.54, 1.807) is 0 Å². The van der Waals surface area contributed by atoms with E-state index in [9.17, 15) is 8.42 Å². The molecule has 0 aromatic rings. The summed E-state index contributed by atoms with van der Waals surface area (Å²) in [6, 6.07) is 0. The molecular weight excluding hydrogens is 260 g/mol. The van der Waals surface area contributed by atoms with Gasteiger partial charge in [0.1, 0.15) is 0 Å². The summed E-state index contributed by atoms with van der Waals surface area (Å²) in [5, 5.41) is -0.268. The van der Waals surface area contributed by atoms with Crippen LogP contribution in [0.4, 0.5) is 0 Å². The van der Waals surface area contributed by atoms with Crippen LogP contribution in [0.25, 0.3) is 0 Å². The smallest absolute Gasteiger partial charge is 0.152 e. The molecule has 0 radical (unpaired) electrons. The van der Waals surface area contributed by atoms with Crippen molar-refractivity contribution in [3.63, 3.8) is 0 Å². The van der Waals surface area contributed by atoms with Gasteiger partial charge in [0.25, 0.3) is 0 Å². The quantitative estimate of drug-likeness (QED) is 0.769. The third-order valence-electron chi connectivity index (χ3n) is 4.84. The molecule has 19 heavy (non-hydrogen) atoms. The third-order valence-corrected chi connectivity index (χ3v) is 6.55. The van der Waals surface area contributed by atoms with E-state index in [2.05, 4.69) is 11.8 Å². The zero-order valence-electron chi connectivity index (χ0n) is 12.3. The fourth-order valence-corrected chi connectivity index (χ4v) is 5.49. The Balaban J connectivity index is 2.26. The first kappa shape index (κ1) is 15.3. The van der Waals surface area contributed by atoms with Gasteiger partial charge in [0.05, 0.1) is 5.25 Å². The number of nitrogens with two attached hydrogens (primary N) is 1. The number of rotatable bonds is 7. The second-order valence-corrected chi connectivity index (χ2v) is 8.64. The van der Waals surface area contributed by atoms with Gasteiger partial charge in [0.15, 0.2) is 9.84 Å². The molecule has 2 N–H and O–H groups in total. The molecule has 4 nitrogen and oxygen atoms in total. The van der Waals surface area contributed by atoms with Gasteiger partial charge >= 0.3 is 0 Å². The Kier molecular flexibility index (Phi) is 4.58. The van der Waals surface area contributed by atoms with Crippen LogP contribution in [0.2, 0.25) is 0 Å². The molecule has 2 saturated carbocycles. The van der Waals surface area contributed by atoms with Crippen LogP contribution in [-0.2, 0) is 9.84 Å². The van der Waals surface area contributed by atoms with Gasteiger partial charge in [-0.3, -0.25) is 4.90 Å². The number of hydrogen-bond acceptors (Lipinski definition) is 4. The lowest BCUT2D eigenvalue weighted by atomic mass is 9.93. The van der Waals surface area contributed by atoms with Crippen molar-refractivity contribution in [2.45, 2.75) is 56.2 Å². The normalized spacial score (nSPS) is 32.1. The Morgan fingerprint density at radius 3 is 2.47 bits per heavy atom. The van der Waals surface area contributed by atoms with Crippen LogP contribution in [0, 0.1) is 5.92 Å². The SMILES string of the molecule is CCCN(CC1CC1)C1(CN)CCCC1S(C)(=O)=O. The van der Waals surface area contributed by atoms with Crippen LogP contribution in [0.5, 0.6) is 0 Å². The van der Waals surface area contributed by atoms with E-state index in [0.29, 0.717) is 6.54 Å². The molecule has 2 aliphatic carbocycles. The van der Waals surface area contributed by atoms with Gasteiger partial charge in [0.2, 0.25) is 0 Å². The van der Waals surface area contributed by atoms with Gasteiger partial charge in [-0.15, -0.1) is 0 Å². The van der Waals surface area contributed by atoms with Crippen LogP contribution in [0.1, 0.15) is 45.4 Å². The summed E-state index contributed by atoms with van der Waals surface area (Å²) in [6.07, 6.45) is 7.74. The topological polar surface area (TPSA) is 63.4 Å². The molecule has 0 spiro atoms. The minimum Gasteiger partial charge on any atom is -0.329 e. The molecule has 0 saturated heterocycles. The maximum absolute atomic E-state index is 12.1. The molecule has 2 unspecified atom stereocenters. The van der Waals surface area contributed by atoms with Gasteiger partial charge in [-0.25, -0.2) is 8.42 Å². The number of nitrogens with zero attached hydrogens (tertiary/aromatic N) is 1. The van der Waals surface area contributed by atoms with E-state index in [4.69, 9.17) is 5.73 Å². The summed E-state index contributed by atoms with van der Waals surface area (Å²) >= 11 is 0. The summed E-state index contributed by atoms with van der Waals surface area (Å²) in [5.41, 5.74) is 5.78. The van der Waals surface area contributed by atoms with Gasteiger partial charge < -0.3 is 5.73 Å². The Morgan fingerprint density at radius 2 is 2.00 bits per heavy atom. The van der Waals surface area contributed by atoms with Crippen molar-refractivity contribution < 1.29 is 8.42 Å². The molecule has 2 atom stereocenters. The minimum absolute atomic E-state index is 0.268. The highest BCUT2D eigenvalue weighted by atomic mass is 32.2. The maximum atomic E-state index is 12.1. The van der Waals surface area contributed by atoms with Crippen LogP contribution in [-0.4, -0.2) is 50.0 Å². The van der Waals surface area contributed by atoms with E-state index in [1.165, 1.54) is 19.1 Å². The largest absolute Gasteiger partial charge is 0.329 e. The van der Waals surface area contributed by atoms with E-state index in [-0.39, 0.29) is 10.8 Å². The highest BCUT2D eigenvalue weighted by molar-refractivity contribution is 7.91. The van der Waals surface area contributed by atoms with Crippen LogP contribution in [0.3, 0.4) is 0 Å². The van der Waals surface area contributed by atoms with Gasteiger partial charge in [-0.2, -0.15) is 0 Å². The lowest BCUT2D eigenvalue weighted by molar-refractivity contribution is 0.0954. The molecule has 112 valence electrons. The Morgan fingerprint density at radius 1 is 1.32 bits per heavy atom. The Bertz CT molecular complexity index is 406. The second-order valence-electron chi connectivity index (χ2n) is 6.41. The number of hydrogen-bond donors (Lipinski definition) is 1. The van der Waals surface area contributed by atoms with E-state index in [0.717, 1.165) is 44.7 Å². The van der Waals surface area contributed by atoms with Crippen LogP contribution in [0.15, 0.2) is 0 Å². The van der Waals surface area contributed by atoms with E-state index >= 15 is 0 Å². The maximum Gasteiger partial charge on any atom is 0.152 e. The number of sulfone groups is 1. The molecule has 0 aromatic heterocycles. The average Bonchev–Trinajstić information content (AvgIpc) is 3.04. The molecule has 0 amide bonds. The Labute approximate surface area is 117 Å². The van der Waals surface area contributed by atoms with E-state index in [1.807, 2.05) is 0 Å². The third kappa shape index (κ3) is 3.14. The minimum atomic E-state index is -3.02. The zero-order valence-corrected chi connectivity index (χ0v) is 13.1. The first-order chi connectivity index (χ1) is 8.94. The highest BCUT2D eigenvalue weighted by Crippen LogP contribution is 2.41.